The predicted molar refractivity (Wildman–Crippen MR) is 68.5 cm³/mol. The van der Waals surface area contributed by atoms with Gasteiger partial charge in [-0.05, 0) is 36.5 Å². The molecule has 0 aromatic heterocycles. The Morgan fingerprint density at radius 3 is 2.56 bits per heavy atom. The number of nitrogens with zero attached hydrogens (tertiary/aromatic N) is 1. The van der Waals surface area contributed by atoms with Crippen LogP contribution in [0.1, 0.15) is 34.7 Å². The molecule has 98 valence electrons. The molecule has 5 nitrogen and oxygen atoms in total. The standard InChI is InChI=1S/C13H18N2O3/c1-15(18-3)13(16)10-6-9(8-4-5-8)7-11(17-2)12(10)14/h6-8H,4-5,14H2,1-3H3. The summed E-state index contributed by atoms with van der Waals surface area (Å²) in [6.07, 6.45) is 2.31. The Bertz CT molecular complexity index is 470. The van der Waals surface area contributed by atoms with Crippen LogP contribution in [0.3, 0.4) is 0 Å². The third kappa shape index (κ3) is 2.26. The number of amides is 1. The lowest BCUT2D eigenvalue weighted by atomic mass is 10.0. The van der Waals surface area contributed by atoms with Gasteiger partial charge in [-0.3, -0.25) is 9.63 Å². The van der Waals surface area contributed by atoms with Gasteiger partial charge in [0.2, 0.25) is 0 Å². The van der Waals surface area contributed by atoms with E-state index < -0.39 is 0 Å². The van der Waals surface area contributed by atoms with Crippen LogP contribution >= 0.6 is 0 Å². The maximum Gasteiger partial charge on any atom is 0.279 e. The van der Waals surface area contributed by atoms with Gasteiger partial charge >= 0.3 is 0 Å². The summed E-state index contributed by atoms with van der Waals surface area (Å²) in [7, 11) is 4.55. The highest BCUT2D eigenvalue weighted by molar-refractivity contribution is 6.00. The van der Waals surface area contributed by atoms with Gasteiger partial charge in [0.15, 0.2) is 0 Å². The number of rotatable bonds is 4. The van der Waals surface area contributed by atoms with Crippen LogP contribution in [0.25, 0.3) is 0 Å². The summed E-state index contributed by atoms with van der Waals surface area (Å²) in [6, 6.07) is 3.75. The number of nitrogen functional groups attached to an aromatic ring is 1. The van der Waals surface area contributed by atoms with Crippen molar-refractivity contribution in [1.29, 1.82) is 0 Å². The molecule has 1 aliphatic rings. The fourth-order valence-electron chi connectivity index (χ4n) is 1.90. The van der Waals surface area contributed by atoms with Crippen molar-refractivity contribution in [3.8, 4) is 5.75 Å². The van der Waals surface area contributed by atoms with E-state index in [1.807, 2.05) is 12.1 Å². The first kappa shape index (κ1) is 12.7. The molecule has 0 atom stereocenters. The van der Waals surface area contributed by atoms with E-state index in [0.717, 1.165) is 23.5 Å². The second-order valence-electron chi connectivity index (χ2n) is 4.44. The Kier molecular flexibility index (Phi) is 3.43. The normalized spacial score (nSPS) is 14.4. The summed E-state index contributed by atoms with van der Waals surface area (Å²) in [5.74, 6) is 0.807. The van der Waals surface area contributed by atoms with E-state index in [4.69, 9.17) is 15.3 Å². The van der Waals surface area contributed by atoms with Crippen LogP contribution in [-0.2, 0) is 4.84 Å². The van der Waals surface area contributed by atoms with Crippen molar-refractivity contribution in [2.24, 2.45) is 0 Å². The van der Waals surface area contributed by atoms with Crippen molar-refractivity contribution >= 4 is 11.6 Å². The molecule has 2 N–H and O–H groups in total. The first-order valence-electron chi connectivity index (χ1n) is 5.88. The number of hydroxylamine groups is 2. The minimum Gasteiger partial charge on any atom is -0.495 e. The zero-order valence-corrected chi connectivity index (χ0v) is 10.9. The Balaban J connectivity index is 2.44. The van der Waals surface area contributed by atoms with Gasteiger partial charge in [-0.1, -0.05) is 0 Å². The number of carbonyl (C=O) groups excluding carboxylic acids is 1. The van der Waals surface area contributed by atoms with Gasteiger partial charge in [-0.25, -0.2) is 5.06 Å². The quantitative estimate of drug-likeness (QED) is 0.653. The fraction of sp³-hybridized carbons (Fsp3) is 0.462. The van der Waals surface area contributed by atoms with E-state index in [1.54, 1.807) is 14.2 Å². The van der Waals surface area contributed by atoms with Crippen molar-refractivity contribution in [3.63, 3.8) is 0 Å². The summed E-state index contributed by atoms with van der Waals surface area (Å²) in [6.45, 7) is 0. The largest absolute Gasteiger partial charge is 0.495 e. The maximum absolute atomic E-state index is 12.1. The first-order valence-corrected chi connectivity index (χ1v) is 5.88. The monoisotopic (exact) mass is 250 g/mol. The number of anilines is 1. The summed E-state index contributed by atoms with van der Waals surface area (Å²) in [4.78, 5) is 17.0. The minimum atomic E-state index is -0.268. The molecule has 18 heavy (non-hydrogen) atoms. The molecule has 5 heteroatoms. The van der Waals surface area contributed by atoms with Crippen molar-refractivity contribution in [2.75, 3.05) is 27.0 Å². The summed E-state index contributed by atoms with van der Waals surface area (Å²) in [5, 5.41) is 1.15. The number of ether oxygens (including phenoxy) is 1. The Hall–Kier alpha value is -1.75. The summed E-state index contributed by atoms with van der Waals surface area (Å²) in [5.41, 5.74) is 7.84. The van der Waals surface area contributed by atoms with Crippen molar-refractivity contribution in [1.82, 2.24) is 5.06 Å². The van der Waals surface area contributed by atoms with Crippen molar-refractivity contribution < 1.29 is 14.4 Å². The predicted octanol–water partition coefficient (Wildman–Crippen LogP) is 1.79. The van der Waals surface area contributed by atoms with E-state index in [-0.39, 0.29) is 5.91 Å². The van der Waals surface area contributed by atoms with Gasteiger partial charge in [0.25, 0.3) is 5.91 Å². The smallest absolute Gasteiger partial charge is 0.279 e. The number of methoxy groups -OCH3 is 1. The molecule has 0 unspecified atom stereocenters. The lowest BCUT2D eigenvalue weighted by Gasteiger charge is -2.17. The molecule has 1 aromatic rings. The van der Waals surface area contributed by atoms with Gasteiger partial charge < -0.3 is 10.5 Å². The molecule has 1 amide bonds. The lowest BCUT2D eigenvalue weighted by molar-refractivity contribution is -0.0756. The van der Waals surface area contributed by atoms with E-state index >= 15 is 0 Å². The Morgan fingerprint density at radius 1 is 1.39 bits per heavy atom. The fourth-order valence-corrected chi connectivity index (χ4v) is 1.90. The van der Waals surface area contributed by atoms with Crippen LogP contribution in [0.4, 0.5) is 5.69 Å². The first-order chi connectivity index (χ1) is 8.58. The second kappa shape index (κ2) is 4.86. The van der Waals surface area contributed by atoms with Crippen LogP contribution in [0, 0.1) is 0 Å². The Labute approximate surface area is 106 Å². The molecule has 0 spiro atoms. The topological polar surface area (TPSA) is 64.8 Å². The zero-order chi connectivity index (χ0) is 13.3. The molecule has 2 rings (SSSR count). The third-order valence-electron chi connectivity index (χ3n) is 3.22. The highest BCUT2D eigenvalue weighted by Crippen LogP contribution is 2.43. The van der Waals surface area contributed by atoms with Crippen LogP contribution in [-0.4, -0.2) is 32.2 Å². The SMILES string of the molecule is COc1cc(C2CC2)cc(C(=O)N(C)OC)c1N. The molecule has 0 bridgehead atoms. The van der Waals surface area contributed by atoms with Gasteiger partial charge in [0, 0.05) is 7.05 Å². The van der Waals surface area contributed by atoms with E-state index in [0.29, 0.717) is 22.9 Å². The van der Waals surface area contributed by atoms with Crippen LogP contribution in [0.5, 0.6) is 5.75 Å². The molecule has 0 radical (unpaired) electrons. The number of hydrogen-bond acceptors (Lipinski definition) is 4. The molecule has 1 fully saturated rings. The van der Waals surface area contributed by atoms with Gasteiger partial charge in [-0.2, -0.15) is 0 Å². The van der Waals surface area contributed by atoms with Crippen molar-refractivity contribution in [3.05, 3.63) is 23.3 Å². The number of nitrogens with two attached hydrogens (primary N) is 1. The molecule has 1 aromatic carbocycles. The van der Waals surface area contributed by atoms with Crippen molar-refractivity contribution in [2.45, 2.75) is 18.8 Å². The molecule has 1 aliphatic carbocycles. The number of benzene rings is 1. The molecule has 1 saturated carbocycles. The van der Waals surface area contributed by atoms with Gasteiger partial charge in [-0.15, -0.1) is 0 Å². The third-order valence-corrected chi connectivity index (χ3v) is 3.22. The Morgan fingerprint density at radius 2 is 2.06 bits per heavy atom. The maximum atomic E-state index is 12.1. The number of carbonyl (C=O) groups is 1. The molecule has 0 saturated heterocycles. The molecular formula is C13H18N2O3. The average molecular weight is 250 g/mol. The van der Waals surface area contributed by atoms with E-state index in [2.05, 4.69) is 0 Å². The van der Waals surface area contributed by atoms with E-state index in [9.17, 15) is 4.79 Å². The second-order valence-corrected chi connectivity index (χ2v) is 4.44. The van der Waals surface area contributed by atoms with Crippen LogP contribution in [0.2, 0.25) is 0 Å². The number of hydrogen-bond donors (Lipinski definition) is 1. The molecule has 0 aliphatic heterocycles. The molecular weight excluding hydrogens is 232 g/mol. The highest BCUT2D eigenvalue weighted by Gasteiger charge is 2.27. The van der Waals surface area contributed by atoms with Gasteiger partial charge in [0.05, 0.1) is 25.5 Å². The minimum absolute atomic E-state index is 0.268. The zero-order valence-electron chi connectivity index (χ0n) is 10.9. The average Bonchev–Trinajstić information content (AvgIpc) is 3.21. The lowest BCUT2D eigenvalue weighted by Crippen LogP contribution is -2.26. The van der Waals surface area contributed by atoms with Crippen LogP contribution < -0.4 is 10.5 Å². The highest BCUT2D eigenvalue weighted by atomic mass is 16.7. The van der Waals surface area contributed by atoms with Crippen LogP contribution in [0.15, 0.2) is 12.1 Å². The molecule has 0 heterocycles. The summed E-state index contributed by atoms with van der Waals surface area (Å²) >= 11 is 0. The van der Waals surface area contributed by atoms with E-state index in [1.165, 1.54) is 7.11 Å². The van der Waals surface area contributed by atoms with Gasteiger partial charge in [0.1, 0.15) is 5.75 Å². The summed E-state index contributed by atoms with van der Waals surface area (Å²) < 4.78 is 5.23.